The predicted octanol–water partition coefficient (Wildman–Crippen LogP) is 2.62. The molecule has 1 spiro atoms. The molecule has 0 aromatic carbocycles. The zero-order chi connectivity index (χ0) is 10.7. The molecule has 0 aromatic heterocycles. The molecule has 0 radical (unpaired) electrons. The van der Waals surface area contributed by atoms with Crippen LogP contribution in [0.5, 0.6) is 0 Å². The number of aliphatic hydroxyl groups excluding tert-OH is 2. The lowest BCUT2D eigenvalue weighted by Gasteiger charge is -2.40. The molecule has 0 amide bonds. The van der Waals surface area contributed by atoms with Crippen molar-refractivity contribution in [2.24, 2.45) is 5.41 Å². The smallest absolute Gasteiger partial charge is 0.0621 e. The second-order valence-corrected chi connectivity index (χ2v) is 5.46. The van der Waals surface area contributed by atoms with Gasteiger partial charge in [-0.3, -0.25) is 0 Å². The molecule has 2 saturated carbocycles. The molecule has 0 aliphatic heterocycles. The van der Waals surface area contributed by atoms with Gasteiger partial charge < -0.3 is 10.2 Å². The van der Waals surface area contributed by atoms with E-state index in [1.165, 1.54) is 25.7 Å². The Balaban J connectivity index is 2.17. The third-order valence-corrected chi connectivity index (χ3v) is 4.57. The first-order valence-corrected chi connectivity index (χ1v) is 6.62. The maximum atomic E-state index is 10.3. The van der Waals surface area contributed by atoms with Crippen molar-refractivity contribution in [3.8, 4) is 0 Å². The maximum absolute atomic E-state index is 10.3. The molecule has 2 atom stereocenters. The van der Waals surface area contributed by atoms with Gasteiger partial charge in [-0.1, -0.05) is 38.5 Å². The van der Waals surface area contributed by atoms with E-state index in [0.29, 0.717) is 0 Å². The highest BCUT2D eigenvalue weighted by molar-refractivity contribution is 4.95. The molecule has 2 heteroatoms. The standard InChI is InChI=1S/C13H24O2/c14-11-7-3-1-5-9-13(11)10-6-2-4-8-12(13)15/h11-12,14-15H,1-10H2. The normalized spacial score (nSPS) is 43.6. The van der Waals surface area contributed by atoms with Crippen LogP contribution in [-0.4, -0.2) is 22.4 Å². The molecule has 0 aromatic rings. The molecule has 2 N–H and O–H groups in total. The Kier molecular flexibility index (Phi) is 3.68. The van der Waals surface area contributed by atoms with E-state index in [2.05, 4.69) is 0 Å². The van der Waals surface area contributed by atoms with E-state index in [1.807, 2.05) is 0 Å². The van der Waals surface area contributed by atoms with Crippen LogP contribution in [0.25, 0.3) is 0 Å². The van der Waals surface area contributed by atoms with Crippen molar-refractivity contribution in [1.82, 2.24) is 0 Å². The lowest BCUT2D eigenvalue weighted by atomic mass is 9.70. The number of aliphatic hydroxyl groups is 2. The summed E-state index contributed by atoms with van der Waals surface area (Å²) in [5.41, 5.74) is -0.146. The van der Waals surface area contributed by atoms with Gasteiger partial charge in [0.15, 0.2) is 0 Å². The van der Waals surface area contributed by atoms with Gasteiger partial charge in [-0.15, -0.1) is 0 Å². The van der Waals surface area contributed by atoms with E-state index in [0.717, 1.165) is 38.5 Å². The summed E-state index contributed by atoms with van der Waals surface area (Å²) in [7, 11) is 0. The predicted molar refractivity (Wildman–Crippen MR) is 60.6 cm³/mol. The largest absolute Gasteiger partial charge is 0.392 e. The van der Waals surface area contributed by atoms with Gasteiger partial charge in [0, 0.05) is 5.41 Å². The topological polar surface area (TPSA) is 40.5 Å². The van der Waals surface area contributed by atoms with Crippen LogP contribution >= 0.6 is 0 Å². The van der Waals surface area contributed by atoms with Crippen molar-refractivity contribution < 1.29 is 10.2 Å². The molecular formula is C13H24O2. The highest BCUT2D eigenvalue weighted by Gasteiger charge is 2.44. The lowest BCUT2D eigenvalue weighted by molar-refractivity contribution is -0.0788. The van der Waals surface area contributed by atoms with Crippen molar-refractivity contribution in [2.45, 2.75) is 76.4 Å². The van der Waals surface area contributed by atoms with E-state index >= 15 is 0 Å². The van der Waals surface area contributed by atoms with E-state index < -0.39 is 0 Å². The van der Waals surface area contributed by atoms with Crippen molar-refractivity contribution in [3.63, 3.8) is 0 Å². The van der Waals surface area contributed by atoms with Gasteiger partial charge in [-0.2, -0.15) is 0 Å². The first-order chi connectivity index (χ1) is 7.26. The fourth-order valence-electron chi connectivity index (χ4n) is 3.53. The highest BCUT2D eigenvalue weighted by atomic mass is 16.3. The van der Waals surface area contributed by atoms with Crippen molar-refractivity contribution in [2.75, 3.05) is 0 Å². The zero-order valence-corrected chi connectivity index (χ0v) is 9.62. The van der Waals surface area contributed by atoms with Gasteiger partial charge in [0.2, 0.25) is 0 Å². The number of rotatable bonds is 0. The molecule has 15 heavy (non-hydrogen) atoms. The lowest BCUT2D eigenvalue weighted by Crippen LogP contribution is -2.44. The Morgan fingerprint density at radius 1 is 0.667 bits per heavy atom. The molecule has 2 nitrogen and oxygen atoms in total. The van der Waals surface area contributed by atoms with Gasteiger partial charge in [-0.05, 0) is 25.7 Å². The zero-order valence-electron chi connectivity index (χ0n) is 9.62. The summed E-state index contributed by atoms with van der Waals surface area (Å²) in [4.78, 5) is 0. The van der Waals surface area contributed by atoms with Gasteiger partial charge in [0.25, 0.3) is 0 Å². The third kappa shape index (κ3) is 2.21. The SMILES string of the molecule is OC1CCCCCC12CCCCCC2O. The van der Waals surface area contributed by atoms with Crippen LogP contribution in [-0.2, 0) is 0 Å². The van der Waals surface area contributed by atoms with Crippen molar-refractivity contribution in [1.29, 1.82) is 0 Å². The second-order valence-electron chi connectivity index (χ2n) is 5.46. The first-order valence-electron chi connectivity index (χ1n) is 6.62. The van der Waals surface area contributed by atoms with Crippen LogP contribution in [0.4, 0.5) is 0 Å². The summed E-state index contributed by atoms with van der Waals surface area (Å²) >= 11 is 0. The van der Waals surface area contributed by atoms with Crippen LogP contribution in [0, 0.1) is 5.41 Å². The number of hydrogen-bond donors (Lipinski definition) is 2. The van der Waals surface area contributed by atoms with Crippen LogP contribution in [0.2, 0.25) is 0 Å². The molecule has 2 aliphatic rings. The minimum atomic E-state index is -0.256. The molecule has 2 rings (SSSR count). The average molecular weight is 212 g/mol. The summed E-state index contributed by atoms with van der Waals surface area (Å²) in [6.07, 6.45) is 10.5. The Labute approximate surface area is 92.7 Å². The Morgan fingerprint density at radius 3 is 1.60 bits per heavy atom. The van der Waals surface area contributed by atoms with Crippen LogP contribution in [0.1, 0.15) is 64.2 Å². The van der Waals surface area contributed by atoms with Crippen molar-refractivity contribution in [3.05, 3.63) is 0 Å². The van der Waals surface area contributed by atoms with Crippen molar-refractivity contribution >= 4 is 0 Å². The van der Waals surface area contributed by atoms with Crippen LogP contribution < -0.4 is 0 Å². The Morgan fingerprint density at radius 2 is 1.13 bits per heavy atom. The maximum Gasteiger partial charge on any atom is 0.0621 e. The van der Waals surface area contributed by atoms with Crippen LogP contribution in [0.15, 0.2) is 0 Å². The van der Waals surface area contributed by atoms with Gasteiger partial charge >= 0.3 is 0 Å². The van der Waals surface area contributed by atoms with E-state index in [1.54, 1.807) is 0 Å². The molecule has 0 heterocycles. The minimum Gasteiger partial charge on any atom is -0.392 e. The summed E-state index contributed by atoms with van der Waals surface area (Å²) in [5, 5.41) is 20.6. The molecule has 88 valence electrons. The fourth-order valence-corrected chi connectivity index (χ4v) is 3.53. The summed E-state index contributed by atoms with van der Waals surface area (Å²) in [5.74, 6) is 0. The number of hydrogen-bond acceptors (Lipinski definition) is 2. The van der Waals surface area contributed by atoms with Gasteiger partial charge in [0.1, 0.15) is 0 Å². The van der Waals surface area contributed by atoms with Gasteiger partial charge in [-0.25, -0.2) is 0 Å². The molecule has 0 saturated heterocycles. The third-order valence-electron chi connectivity index (χ3n) is 4.57. The van der Waals surface area contributed by atoms with Crippen LogP contribution in [0.3, 0.4) is 0 Å². The summed E-state index contributed by atoms with van der Waals surface area (Å²) in [6, 6.07) is 0. The molecule has 0 bridgehead atoms. The molecule has 2 aliphatic carbocycles. The Bertz CT molecular complexity index is 181. The highest BCUT2D eigenvalue weighted by Crippen LogP contribution is 2.45. The van der Waals surface area contributed by atoms with E-state index in [4.69, 9.17) is 0 Å². The molecule has 2 fully saturated rings. The fraction of sp³-hybridized carbons (Fsp3) is 1.00. The first kappa shape index (κ1) is 11.4. The summed E-state index contributed by atoms with van der Waals surface area (Å²) < 4.78 is 0. The van der Waals surface area contributed by atoms with E-state index in [9.17, 15) is 10.2 Å². The molecular weight excluding hydrogens is 188 g/mol. The van der Waals surface area contributed by atoms with E-state index in [-0.39, 0.29) is 17.6 Å². The quantitative estimate of drug-likeness (QED) is 0.648. The minimum absolute atomic E-state index is 0.146. The molecule has 2 unspecified atom stereocenters. The second kappa shape index (κ2) is 4.84. The average Bonchev–Trinajstić information content (AvgIpc) is 2.51. The van der Waals surface area contributed by atoms with Gasteiger partial charge in [0.05, 0.1) is 12.2 Å². The Hall–Kier alpha value is -0.0800. The summed E-state index contributed by atoms with van der Waals surface area (Å²) in [6.45, 7) is 0. The monoisotopic (exact) mass is 212 g/mol.